The summed E-state index contributed by atoms with van der Waals surface area (Å²) >= 11 is 0. The van der Waals surface area contributed by atoms with Crippen LogP contribution in [0.5, 0.6) is 5.75 Å². The number of anilines is 2. The molecule has 2 aromatic rings. The molecule has 0 saturated carbocycles. The number of nitrogens with zero attached hydrogens (tertiary/aromatic N) is 4. The second kappa shape index (κ2) is 8.72. The number of rotatable bonds is 4. The zero-order valence-electron chi connectivity index (χ0n) is 17.4. The van der Waals surface area contributed by atoms with Crippen molar-refractivity contribution in [2.75, 3.05) is 56.2 Å². The number of likely N-dealkylation sites (tertiary alicyclic amines) is 1. The molecule has 154 valence electrons. The summed E-state index contributed by atoms with van der Waals surface area (Å²) in [4.78, 5) is 23.9. The standard InChI is InChI=1S/C23H30N4O2/c1-18-9-11-27(12-10-18)23(28)19-7-8-22(24-17-19)26-15-13-25(14-16-26)20-5-3-4-6-21(20)29-2/h3-8,17-18H,9-16H2,1-2H3. The first-order chi connectivity index (χ1) is 14.2. The Bertz CT molecular complexity index is 823. The Morgan fingerprint density at radius 2 is 1.66 bits per heavy atom. The number of amides is 1. The Hall–Kier alpha value is -2.76. The van der Waals surface area contributed by atoms with Crippen LogP contribution in [0.1, 0.15) is 30.1 Å². The third kappa shape index (κ3) is 4.31. The van der Waals surface area contributed by atoms with E-state index >= 15 is 0 Å². The first-order valence-corrected chi connectivity index (χ1v) is 10.5. The summed E-state index contributed by atoms with van der Waals surface area (Å²) in [6, 6.07) is 12.1. The van der Waals surface area contributed by atoms with Gasteiger partial charge in [0.15, 0.2) is 0 Å². The molecule has 2 fully saturated rings. The van der Waals surface area contributed by atoms with Crippen molar-refractivity contribution in [2.24, 2.45) is 5.92 Å². The normalized spacial score (nSPS) is 18.1. The smallest absolute Gasteiger partial charge is 0.255 e. The number of piperidine rings is 1. The number of pyridine rings is 1. The molecule has 0 atom stereocenters. The Kier molecular flexibility index (Phi) is 5.88. The fraction of sp³-hybridized carbons (Fsp3) is 0.478. The number of benzene rings is 1. The SMILES string of the molecule is COc1ccccc1N1CCN(c2ccc(C(=O)N3CCC(C)CC3)cn2)CC1. The predicted molar refractivity (Wildman–Crippen MR) is 116 cm³/mol. The monoisotopic (exact) mass is 394 g/mol. The number of carbonyl (C=O) groups excluding carboxylic acids is 1. The third-order valence-corrected chi connectivity index (χ3v) is 6.10. The topological polar surface area (TPSA) is 48.9 Å². The van der Waals surface area contributed by atoms with E-state index in [0.717, 1.165) is 69.4 Å². The van der Waals surface area contributed by atoms with E-state index in [-0.39, 0.29) is 5.91 Å². The van der Waals surface area contributed by atoms with Crippen molar-refractivity contribution in [1.29, 1.82) is 0 Å². The number of piperazine rings is 1. The number of methoxy groups -OCH3 is 1. The van der Waals surface area contributed by atoms with Gasteiger partial charge in [0.1, 0.15) is 11.6 Å². The maximum atomic E-state index is 12.7. The first-order valence-electron chi connectivity index (χ1n) is 10.5. The summed E-state index contributed by atoms with van der Waals surface area (Å²) in [5, 5.41) is 0. The van der Waals surface area contributed by atoms with Crippen molar-refractivity contribution in [1.82, 2.24) is 9.88 Å². The summed E-state index contributed by atoms with van der Waals surface area (Å²) in [6.45, 7) is 7.57. The second-order valence-electron chi connectivity index (χ2n) is 8.03. The van der Waals surface area contributed by atoms with Crippen molar-refractivity contribution in [3.8, 4) is 5.75 Å². The Balaban J connectivity index is 1.36. The van der Waals surface area contributed by atoms with Gasteiger partial charge in [-0.15, -0.1) is 0 Å². The molecule has 2 aliphatic rings. The predicted octanol–water partition coefficient (Wildman–Crippen LogP) is 3.29. The van der Waals surface area contributed by atoms with Crippen LogP contribution in [0.4, 0.5) is 11.5 Å². The molecule has 1 aromatic carbocycles. The number of aromatic nitrogens is 1. The van der Waals surface area contributed by atoms with Crippen LogP contribution in [0.2, 0.25) is 0 Å². The molecule has 1 aromatic heterocycles. The quantitative estimate of drug-likeness (QED) is 0.796. The molecule has 0 radical (unpaired) electrons. The van der Waals surface area contributed by atoms with Gasteiger partial charge in [0.2, 0.25) is 0 Å². The van der Waals surface area contributed by atoms with Gasteiger partial charge in [-0.05, 0) is 43.0 Å². The van der Waals surface area contributed by atoms with E-state index in [1.54, 1.807) is 13.3 Å². The molecule has 0 unspecified atom stereocenters. The van der Waals surface area contributed by atoms with Crippen molar-refractivity contribution in [2.45, 2.75) is 19.8 Å². The van der Waals surface area contributed by atoms with Crippen LogP contribution in [0.25, 0.3) is 0 Å². The molecule has 6 nitrogen and oxygen atoms in total. The van der Waals surface area contributed by atoms with Gasteiger partial charge in [-0.25, -0.2) is 4.98 Å². The van der Waals surface area contributed by atoms with E-state index < -0.39 is 0 Å². The number of para-hydroxylation sites is 2. The van der Waals surface area contributed by atoms with Crippen LogP contribution in [-0.2, 0) is 0 Å². The lowest BCUT2D eigenvalue weighted by molar-refractivity contribution is 0.0697. The highest BCUT2D eigenvalue weighted by molar-refractivity contribution is 5.94. The summed E-state index contributed by atoms with van der Waals surface area (Å²) < 4.78 is 5.50. The van der Waals surface area contributed by atoms with E-state index in [1.165, 1.54) is 0 Å². The average molecular weight is 395 g/mol. The minimum atomic E-state index is 0.108. The van der Waals surface area contributed by atoms with Crippen molar-refractivity contribution in [3.63, 3.8) is 0 Å². The van der Waals surface area contributed by atoms with Gasteiger partial charge in [-0.2, -0.15) is 0 Å². The van der Waals surface area contributed by atoms with Crippen molar-refractivity contribution < 1.29 is 9.53 Å². The highest BCUT2D eigenvalue weighted by atomic mass is 16.5. The maximum absolute atomic E-state index is 12.7. The first kappa shape index (κ1) is 19.6. The van der Waals surface area contributed by atoms with Gasteiger partial charge in [0, 0.05) is 45.5 Å². The minimum absolute atomic E-state index is 0.108. The lowest BCUT2D eigenvalue weighted by atomic mass is 9.99. The molecule has 0 aliphatic carbocycles. The number of carbonyl (C=O) groups is 1. The molecule has 6 heteroatoms. The van der Waals surface area contributed by atoms with Gasteiger partial charge in [0.05, 0.1) is 18.4 Å². The molecular weight excluding hydrogens is 364 g/mol. The third-order valence-electron chi connectivity index (χ3n) is 6.10. The van der Waals surface area contributed by atoms with E-state index in [4.69, 9.17) is 4.74 Å². The largest absolute Gasteiger partial charge is 0.495 e. The number of ether oxygens (including phenoxy) is 1. The van der Waals surface area contributed by atoms with Crippen LogP contribution in [0.15, 0.2) is 42.6 Å². The van der Waals surface area contributed by atoms with Crippen LogP contribution < -0.4 is 14.5 Å². The van der Waals surface area contributed by atoms with E-state index in [2.05, 4.69) is 27.8 Å². The second-order valence-corrected chi connectivity index (χ2v) is 8.03. The van der Waals surface area contributed by atoms with Crippen LogP contribution in [-0.4, -0.2) is 62.2 Å². The number of hydrogen-bond donors (Lipinski definition) is 0. The molecule has 2 saturated heterocycles. The lowest BCUT2D eigenvalue weighted by Gasteiger charge is -2.37. The van der Waals surface area contributed by atoms with Crippen LogP contribution in [0, 0.1) is 5.92 Å². The molecule has 3 heterocycles. The van der Waals surface area contributed by atoms with E-state index in [1.807, 2.05) is 35.2 Å². The fourth-order valence-corrected chi connectivity index (χ4v) is 4.16. The highest BCUT2D eigenvalue weighted by Gasteiger charge is 2.23. The van der Waals surface area contributed by atoms with E-state index in [9.17, 15) is 4.79 Å². The van der Waals surface area contributed by atoms with Crippen molar-refractivity contribution >= 4 is 17.4 Å². The van der Waals surface area contributed by atoms with E-state index in [0.29, 0.717) is 11.5 Å². The molecule has 0 bridgehead atoms. The summed E-state index contributed by atoms with van der Waals surface area (Å²) in [7, 11) is 1.71. The van der Waals surface area contributed by atoms with Crippen LogP contribution >= 0.6 is 0 Å². The molecule has 1 amide bonds. The molecule has 0 N–H and O–H groups in total. The Labute approximate surface area is 173 Å². The van der Waals surface area contributed by atoms with Crippen LogP contribution in [0.3, 0.4) is 0 Å². The summed E-state index contributed by atoms with van der Waals surface area (Å²) in [6.07, 6.45) is 3.92. The van der Waals surface area contributed by atoms with Gasteiger partial charge in [-0.3, -0.25) is 4.79 Å². The Morgan fingerprint density at radius 3 is 2.31 bits per heavy atom. The van der Waals surface area contributed by atoms with Crippen molar-refractivity contribution in [3.05, 3.63) is 48.2 Å². The zero-order chi connectivity index (χ0) is 20.2. The molecule has 2 aliphatic heterocycles. The molecule has 4 rings (SSSR count). The van der Waals surface area contributed by atoms with Gasteiger partial charge in [-0.1, -0.05) is 19.1 Å². The lowest BCUT2D eigenvalue weighted by Crippen LogP contribution is -2.47. The zero-order valence-corrected chi connectivity index (χ0v) is 17.4. The maximum Gasteiger partial charge on any atom is 0.255 e. The number of hydrogen-bond acceptors (Lipinski definition) is 5. The summed E-state index contributed by atoms with van der Waals surface area (Å²) in [5.74, 6) is 2.67. The van der Waals surface area contributed by atoms with Gasteiger partial charge < -0.3 is 19.4 Å². The molecular formula is C23H30N4O2. The Morgan fingerprint density at radius 1 is 0.966 bits per heavy atom. The fourth-order valence-electron chi connectivity index (χ4n) is 4.16. The van der Waals surface area contributed by atoms with Gasteiger partial charge >= 0.3 is 0 Å². The molecule has 29 heavy (non-hydrogen) atoms. The van der Waals surface area contributed by atoms with Gasteiger partial charge in [0.25, 0.3) is 5.91 Å². The highest BCUT2D eigenvalue weighted by Crippen LogP contribution is 2.29. The molecule has 0 spiro atoms. The minimum Gasteiger partial charge on any atom is -0.495 e. The average Bonchev–Trinajstić information content (AvgIpc) is 2.79. The summed E-state index contributed by atoms with van der Waals surface area (Å²) in [5.41, 5.74) is 1.83.